The topological polar surface area (TPSA) is 86.8 Å². The molecule has 4 rings (SSSR count). The molecule has 3 unspecified atom stereocenters. The quantitative estimate of drug-likeness (QED) is 0.323. The van der Waals surface area contributed by atoms with Crippen molar-refractivity contribution in [2.45, 2.75) is 34.9 Å². The number of piperidine rings is 1. The van der Waals surface area contributed by atoms with Gasteiger partial charge in [-0.25, -0.2) is 0 Å². The monoisotopic (exact) mass is 533 g/mol. The van der Waals surface area contributed by atoms with Gasteiger partial charge in [-0.3, -0.25) is 24.5 Å². The van der Waals surface area contributed by atoms with Crippen molar-refractivity contribution < 1.29 is 28.0 Å². The first kappa shape index (κ1) is 28.1. The Morgan fingerprint density at radius 2 is 1.66 bits per heavy atom. The smallest absolute Gasteiger partial charge is 0.348 e. The molecule has 2 aromatic carbocycles. The normalized spacial score (nSPS) is 23.7. The zero-order chi connectivity index (χ0) is 28.4. The second-order valence-corrected chi connectivity index (χ2v) is 11.2. The average molecular weight is 533 g/mol. The van der Waals surface area contributed by atoms with Crippen LogP contribution >= 0.6 is 11.6 Å². The Morgan fingerprint density at radius 3 is 2.26 bits per heavy atom. The Bertz CT molecular complexity index is 1370. The molecule has 4 amide bonds. The van der Waals surface area contributed by atoms with Gasteiger partial charge in [0.15, 0.2) is 0 Å². The molecule has 0 saturated carbocycles. The van der Waals surface area contributed by atoms with Crippen LogP contribution in [0.5, 0.6) is 0 Å². The summed E-state index contributed by atoms with van der Waals surface area (Å²) in [4.78, 5) is 53.9. The summed E-state index contributed by atoms with van der Waals surface area (Å²) in [5.74, 6) is -7.35. The lowest BCUT2D eigenvalue weighted by molar-refractivity contribution is -0.155. The second-order valence-electron chi connectivity index (χ2n) is 10.8. The van der Waals surface area contributed by atoms with E-state index < -0.39 is 45.7 Å². The summed E-state index contributed by atoms with van der Waals surface area (Å²) in [6.45, 7) is 0.103. The molecule has 2 aliphatic rings. The molecular weight excluding hydrogens is 509 g/mol. The maximum atomic E-state index is 15.1. The molecule has 190 valence electrons. The molecule has 3 atom stereocenters. The Labute approximate surface area is 229 Å². The SMILES string of the molecule is BC1C(=O)NC(=O)C(B)(N2Cc3cc(C(B)(B)N(B)C(=O)C(F)(F)c4ccc(Cl)cc4)ccc3C2=O)C1B. The van der Waals surface area contributed by atoms with Gasteiger partial charge in [-0.1, -0.05) is 35.9 Å². The Balaban J connectivity index is 1.63. The van der Waals surface area contributed by atoms with E-state index in [0.717, 1.165) is 16.9 Å². The van der Waals surface area contributed by atoms with Crippen molar-refractivity contribution in [1.82, 2.24) is 15.0 Å². The zero-order valence-corrected chi connectivity index (χ0v) is 22.8. The fourth-order valence-corrected chi connectivity index (χ4v) is 5.28. The molecule has 2 aliphatic heterocycles. The van der Waals surface area contributed by atoms with Gasteiger partial charge in [0.2, 0.25) is 19.8 Å². The predicted molar refractivity (Wildman–Crippen MR) is 155 cm³/mol. The van der Waals surface area contributed by atoms with Gasteiger partial charge in [-0.2, -0.15) is 8.78 Å². The van der Waals surface area contributed by atoms with Crippen LogP contribution in [0.1, 0.15) is 27.0 Å². The number of fused-ring (bicyclic) bond motifs is 1. The van der Waals surface area contributed by atoms with Crippen LogP contribution in [0.3, 0.4) is 0 Å². The summed E-state index contributed by atoms with van der Waals surface area (Å²) in [6, 6.07) is 9.77. The maximum absolute atomic E-state index is 15.1. The van der Waals surface area contributed by atoms with Gasteiger partial charge in [0.05, 0.1) is 5.44 Å². The number of amides is 4. The summed E-state index contributed by atoms with van der Waals surface area (Å²) < 4.78 is 30.3. The minimum atomic E-state index is -3.78. The van der Waals surface area contributed by atoms with Crippen LogP contribution in [0.4, 0.5) is 8.78 Å². The molecule has 7 nitrogen and oxygen atoms in total. The highest BCUT2D eigenvalue weighted by atomic mass is 35.5. The molecule has 0 radical (unpaired) electrons. The number of benzene rings is 2. The van der Waals surface area contributed by atoms with Crippen molar-refractivity contribution in [2.24, 2.45) is 0 Å². The van der Waals surface area contributed by atoms with Crippen LogP contribution in [-0.4, -0.2) is 86.0 Å². The number of alkyl halides is 2. The third kappa shape index (κ3) is 4.19. The Morgan fingerprint density at radius 1 is 1.08 bits per heavy atom. The number of hydrogen-bond donors (Lipinski definition) is 1. The molecule has 2 heterocycles. The number of carbonyl (C=O) groups excluding carboxylic acids is 4. The highest BCUT2D eigenvalue weighted by Gasteiger charge is 2.54. The van der Waals surface area contributed by atoms with Gasteiger partial charge < -0.3 is 9.71 Å². The highest BCUT2D eigenvalue weighted by molar-refractivity contribution is 6.44. The molecule has 16 heteroatoms. The van der Waals surface area contributed by atoms with E-state index in [4.69, 9.17) is 11.6 Å². The zero-order valence-electron chi connectivity index (χ0n) is 22.1. The van der Waals surface area contributed by atoms with Gasteiger partial charge in [-0.05, 0) is 40.5 Å². The number of halogens is 3. The van der Waals surface area contributed by atoms with Crippen molar-refractivity contribution in [3.05, 3.63) is 69.7 Å². The van der Waals surface area contributed by atoms with Crippen molar-refractivity contribution in [2.75, 3.05) is 0 Å². The van der Waals surface area contributed by atoms with Gasteiger partial charge >= 0.3 is 5.92 Å². The predicted octanol–water partition coefficient (Wildman–Crippen LogP) is -3.33. The summed E-state index contributed by atoms with van der Waals surface area (Å²) in [5.41, 5.74) is -0.187. The third-order valence-corrected chi connectivity index (χ3v) is 8.79. The Kier molecular flexibility index (Phi) is 6.92. The number of imide groups is 1. The van der Waals surface area contributed by atoms with E-state index in [1.807, 2.05) is 0 Å². The number of hydrogen-bond acceptors (Lipinski definition) is 4. The van der Waals surface area contributed by atoms with E-state index in [0.29, 0.717) is 16.7 Å². The summed E-state index contributed by atoms with van der Waals surface area (Å²) in [7, 11) is 9.73. The van der Waals surface area contributed by atoms with Gasteiger partial charge in [0, 0.05) is 28.5 Å². The molecule has 38 heavy (non-hydrogen) atoms. The molecule has 0 aliphatic carbocycles. The number of nitrogens with zero attached hydrogens (tertiary/aromatic N) is 2. The van der Waals surface area contributed by atoms with Crippen molar-refractivity contribution in [1.29, 1.82) is 0 Å². The first-order valence-electron chi connectivity index (χ1n) is 12.3. The van der Waals surface area contributed by atoms with Crippen molar-refractivity contribution in [3.8, 4) is 0 Å². The molecule has 0 spiro atoms. The lowest BCUT2D eigenvalue weighted by Gasteiger charge is -2.47. The van der Waals surface area contributed by atoms with E-state index >= 15 is 8.78 Å². The van der Waals surface area contributed by atoms with E-state index in [1.165, 1.54) is 25.0 Å². The molecule has 2 aromatic rings. The number of carbonyl (C=O) groups is 4. The van der Waals surface area contributed by atoms with E-state index in [1.54, 1.807) is 57.4 Å². The van der Waals surface area contributed by atoms with Gasteiger partial charge in [0.1, 0.15) is 39.2 Å². The van der Waals surface area contributed by atoms with Crippen LogP contribution in [-0.2, 0) is 32.2 Å². The third-order valence-electron chi connectivity index (χ3n) is 8.54. The van der Waals surface area contributed by atoms with Crippen LogP contribution in [0.2, 0.25) is 16.7 Å². The number of nitrogens with one attached hydrogen (secondary N) is 1. The first-order valence-corrected chi connectivity index (χ1v) is 12.6. The molecule has 0 aromatic heterocycles. The number of rotatable bonds is 5. The molecule has 1 fully saturated rings. The van der Waals surface area contributed by atoms with Gasteiger partial charge in [-0.15, -0.1) is 0 Å². The summed E-state index contributed by atoms with van der Waals surface area (Å²) in [5, 5.41) is 1.49. The average Bonchev–Trinajstić information content (AvgIpc) is 3.21. The fourth-order valence-electron chi connectivity index (χ4n) is 5.16. The molecule has 1 saturated heterocycles. The van der Waals surface area contributed by atoms with E-state index in [-0.39, 0.29) is 23.4 Å². The lowest BCUT2D eigenvalue weighted by Crippen LogP contribution is -2.67. The highest BCUT2D eigenvalue weighted by Crippen LogP contribution is 2.42. The van der Waals surface area contributed by atoms with Crippen molar-refractivity contribution >= 4 is 82.4 Å². The van der Waals surface area contributed by atoms with E-state index in [2.05, 4.69) is 5.32 Å². The molecular formula is C22H24B6ClF2N3O4. The molecule has 0 bridgehead atoms. The van der Waals surface area contributed by atoms with E-state index in [9.17, 15) is 19.2 Å². The largest absolute Gasteiger partial charge is 0.393 e. The minimum absolute atomic E-state index is 0.103. The van der Waals surface area contributed by atoms with Crippen LogP contribution in [0.25, 0.3) is 0 Å². The second kappa shape index (κ2) is 9.36. The lowest BCUT2D eigenvalue weighted by atomic mass is 9.48. The van der Waals surface area contributed by atoms with Gasteiger partial charge in [0.25, 0.3) is 11.8 Å². The van der Waals surface area contributed by atoms with Crippen LogP contribution in [0, 0.1) is 0 Å². The standard InChI is InChI=1S/C22H24B6ClF2N3O4/c23-14-15(24)20(25,18(37)32-16(14)35)33-8-9-7-11(3-6-13(9)17(33)36)22(26,27)34(28)19(38)21(30,31)10-1-4-12(29)5-2-10/h1-7,14-15H,8,23-28H2,(H,32,35,37). The minimum Gasteiger partial charge on any atom is -0.393 e. The summed E-state index contributed by atoms with van der Waals surface area (Å²) >= 11 is 5.81. The van der Waals surface area contributed by atoms with Crippen molar-refractivity contribution in [3.63, 3.8) is 0 Å². The Hall–Kier alpha value is -2.94. The fraction of sp³-hybridized carbons (Fsp3) is 0.273. The summed E-state index contributed by atoms with van der Waals surface area (Å²) in [6.07, 6.45) is 0. The maximum Gasteiger partial charge on any atom is 0.348 e. The van der Waals surface area contributed by atoms with Crippen LogP contribution < -0.4 is 5.32 Å². The van der Waals surface area contributed by atoms with Crippen LogP contribution in [0.15, 0.2) is 42.5 Å². The first-order chi connectivity index (χ1) is 17.5. The molecule has 1 N–H and O–H groups in total.